The topological polar surface area (TPSA) is 56.3 Å². The van der Waals surface area contributed by atoms with Crippen LogP contribution in [0.25, 0.3) is 10.6 Å². The zero-order valence-electron chi connectivity index (χ0n) is 13.1. The number of aromatic nitrogens is 1. The molecule has 3 rings (SSSR count). The second-order valence-corrected chi connectivity index (χ2v) is 8.99. The molecule has 0 aliphatic rings. The van der Waals surface area contributed by atoms with Crippen LogP contribution in [0.15, 0.2) is 52.7 Å². The Kier molecular flexibility index (Phi) is 5.08. The van der Waals surface area contributed by atoms with Gasteiger partial charge >= 0.3 is 0 Å². The van der Waals surface area contributed by atoms with E-state index < -0.39 is 9.05 Å². The highest BCUT2D eigenvalue weighted by atomic mass is 35.7. The van der Waals surface area contributed by atoms with Gasteiger partial charge in [-0.1, -0.05) is 18.2 Å². The zero-order valence-corrected chi connectivity index (χ0v) is 15.5. The third kappa shape index (κ3) is 4.18. The fraction of sp³-hybridized carbons (Fsp3) is 0.118. The van der Waals surface area contributed by atoms with Crippen molar-refractivity contribution < 1.29 is 17.5 Å². The molecule has 3 aromatic rings. The molecule has 1 heterocycles. The number of ether oxygens (including phenoxy) is 1. The van der Waals surface area contributed by atoms with E-state index in [1.807, 2.05) is 0 Å². The van der Waals surface area contributed by atoms with E-state index >= 15 is 0 Å². The van der Waals surface area contributed by atoms with E-state index in [4.69, 9.17) is 15.4 Å². The minimum absolute atomic E-state index is 0.0454. The molecule has 0 saturated heterocycles. The molecule has 0 aliphatic carbocycles. The summed E-state index contributed by atoms with van der Waals surface area (Å²) in [6.45, 7) is 1.72. The van der Waals surface area contributed by atoms with Crippen LogP contribution in [0.4, 0.5) is 4.39 Å². The maximum absolute atomic E-state index is 13.6. The number of nitrogens with zero attached hydrogens (tertiary/aromatic N) is 1. The lowest BCUT2D eigenvalue weighted by Crippen LogP contribution is -1.97. The van der Waals surface area contributed by atoms with E-state index in [-0.39, 0.29) is 16.6 Å². The summed E-state index contributed by atoms with van der Waals surface area (Å²) in [4.78, 5) is 4.25. The average Bonchev–Trinajstić information content (AvgIpc) is 2.97. The maximum atomic E-state index is 13.6. The van der Waals surface area contributed by atoms with Gasteiger partial charge in [-0.3, -0.25) is 0 Å². The van der Waals surface area contributed by atoms with Crippen molar-refractivity contribution in [3.05, 3.63) is 65.6 Å². The third-order valence-electron chi connectivity index (χ3n) is 3.43. The highest BCUT2D eigenvalue weighted by Crippen LogP contribution is 2.33. The summed E-state index contributed by atoms with van der Waals surface area (Å²) in [6.07, 6.45) is 0. The summed E-state index contributed by atoms with van der Waals surface area (Å²) >= 11 is 1.02. The number of rotatable bonds is 5. The standard InChI is InChI=1S/C17H13ClFNO3S2/c1-11-17(25(18,21)22)24-16(20-11)12-6-8-14(9-7-12)23-10-13-4-2-3-5-15(13)19/h2-9H,10H2,1H3. The molecular formula is C17H13ClFNO3S2. The van der Waals surface area contributed by atoms with Gasteiger partial charge < -0.3 is 4.74 Å². The second kappa shape index (κ2) is 7.11. The van der Waals surface area contributed by atoms with E-state index in [9.17, 15) is 12.8 Å². The van der Waals surface area contributed by atoms with Crippen LogP contribution < -0.4 is 4.74 Å². The van der Waals surface area contributed by atoms with Gasteiger partial charge in [0.15, 0.2) is 4.21 Å². The molecule has 0 saturated carbocycles. The molecule has 25 heavy (non-hydrogen) atoms. The zero-order chi connectivity index (χ0) is 18.0. The van der Waals surface area contributed by atoms with Crippen molar-refractivity contribution in [2.24, 2.45) is 0 Å². The quantitative estimate of drug-likeness (QED) is 0.582. The molecule has 1 aromatic heterocycles. The lowest BCUT2D eigenvalue weighted by molar-refractivity contribution is 0.300. The SMILES string of the molecule is Cc1nc(-c2ccc(OCc3ccccc3F)cc2)sc1S(=O)(=O)Cl. The van der Waals surface area contributed by atoms with Crippen molar-refractivity contribution in [2.75, 3.05) is 0 Å². The summed E-state index contributed by atoms with van der Waals surface area (Å²) in [7, 11) is 1.59. The molecule has 130 valence electrons. The van der Waals surface area contributed by atoms with E-state index in [1.165, 1.54) is 6.07 Å². The molecule has 0 N–H and O–H groups in total. The molecule has 0 bridgehead atoms. The minimum atomic E-state index is -3.80. The van der Waals surface area contributed by atoms with Crippen molar-refractivity contribution in [1.29, 1.82) is 0 Å². The first kappa shape index (κ1) is 17.8. The number of aryl methyl sites for hydroxylation is 1. The molecule has 4 nitrogen and oxygen atoms in total. The predicted octanol–water partition coefficient (Wildman–Crippen LogP) is 4.76. The van der Waals surface area contributed by atoms with Crippen molar-refractivity contribution in [3.63, 3.8) is 0 Å². The van der Waals surface area contributed by atoms with Crippen molar-refractivity contribution >= 4 is 31.1 Å². The van der Waals surface area contributed by atoms with Crippen molar-refractivity contribution in [2.45, 2.75) is 17.7 Å². The normalized spacial score (nSPS) is 11.5. The van der Waals surface area contributed by atoms with E-state index in [0.717, 1.165) is 16.9 Å². The summed E-state index contributed by atoms with van der Waals surface area (Å²) < 4.78 is 42.2. The Bertz CT molecular complexity index is 1000. The van der Waals surface area contributed by atoms with Crippen molar-refractivity contribution in [1.82, 2.24) is 4.98 Å². The van der Waals surface area contributed by atoms with Crippen LogP contribution >= 0.6 is 22.0 Å². The maximum Gasteiger partial charge on any atom is 0.272 e. The Morgan fingerprint density at radius 2 is 1.84 bits per heavy atom. The van der Waals surface area contributed by atoms with Gasteiger partial charge in [-0.05, 0) is 37.3 Å². The van der Waals surface area contributed by atoms with Gasteiger partial charge in [0.25, 0.3) is 9.05 Å². The molecule has 0 unspecified atom stereocenters. The van der Waals surface area contributed by atoms with Crippen LogP contribution in [-0.2, 0) is 15.7 Å². The molecule has 0 radical (unpaired) electrons. The molecule has 2 aromatic carbocycles. The van der Waals surface area contributed by atoms with Gasteiger partial charge in [0, 0.05) is 21.8 Å². The first-order chi connectivity index (χ1) is 11.8. The summed E-state index contributed by atoms with van der Waals surface area (Å²) in [5.41, 5.74) is 1.59. The molecule has 0 amide bonds. The Hall–Kier alpha value is -1.96. The van der Waals surface area contributed by atoms with Gasteiger partial charge in [0.05, 0.1) is 5.69 Å². The molecular weight excluding hydrogens is 385 g/mol. The van der Waals surface area contributed by atoms with Gasteiger partial charge in [-0.2, -0.15) is 0 Å². The van der Waals surface area contributed by atoms with Gasteiger partial charge in [-0.25, -0.2) is 17.8 Å². The highest BCUT2D eigenvalue weighted by molar-refractivity contribution is 8.15. The number of thiazole rings is 1. The Balaban J connectivity index is 1.76. The van der Waals surface area contributed by atoms with Crippen molar-refractivity contribution in [3.8, 4) is 16.3 Å². The smallest absolute Gasteiger partial charge is 0.272 e. The van der Waals surface area contributed by atoms with E-state index in [0.29, 0.717) is 22.0 Å². The lowest BCUT2D eigenvalue weighted by atomic mass is 10.2. The average molecular weight is 398 g/mol. The van der Waals surface area contributed by atoms with Gasteiger partial charge in [0.2, 0.25) is 0 Å². The third-order valence-corrected chi connectivity index (χ3v) is 6.81. The van der Waals surface area contributed by atoms with Gasteiger partial charge in [0.1, 0.15) is 23.2 Å². The Labute approximate surface area is 153 Å². The largest absolute Gasteiger partial charge is 0.489 e. The number of hydrogen-bond donors (Lipinski definition) is 0. The number of benzene rings is 2. The molecule has 0 atom stereocenters. The molecule has 8 heteroatoms. The first-order valence-corrected chi connectivity index (χ1v) is 10.4. The van der Waals surface area contributed by atoms with Crippen LogP contribution in [0.1, 0.15) is 11.3 Å². The fourth-order valence-corrected chi connectivity index (χ4v) is 4.66. The fourth-order valence-electron chi connectivity index (χ4n) is 2.20. The van der Waals surface area contributed by atoms with Gasteiger partial charge in [-0.15, -0.1) is 11.3 Å². The Morgan fingerprint density at radius 1 is 1.16 bits per heavy atom. The number of hydrogen-bond acceptors (Lipinski definition) is 5. The minimum Gasteiger partial charge on any atom is -0.489 e. The second-order valence-electron chi connectivity index (χ2n) is 5.23. The summed E-state index contributed by atoms with van der Waals surface area (Å²) in [6, 6.07) is 13.4. The monoisotopic (exact) mass is 397 g/mol. The van der Waals surface area contributed by atoms with Crippen LogP contribution in [0.3, 0.4) is 0 Å². The van der Waals surface area contributed by atoms with Crippen LogP contribution in [0.5, 0.6) is 5.75 Å². The van der Waals surface area contributed by atoms with E-state index in [1.54, 1.807) is 49.4 Å². The van der Waals surface area contributed by atoms with Crippen LogP contribution in [0, 0.1) is 12.7 Å². The molecule has 0 fully saturated rings. The highest BCUT2D eigenvalue weighted by Gasteiger charge is 2.19. The lowest BCUT2D eigenvalue weighted by Gasteiger charge is -2.07. The first-order valence-electron chi connectivity index (χ1n) is 7.23. The molecule has 0 aliphatic heterocycles. The molecule has 0 spiro atoms. The number of halogens is 2. The summed E-state index contributed by atoms with van der Waals surface area (Å²) in [5.74, 6) is 0.262. The summed E-state index contributed by atoms with van der Waals surface area (Å²) in [5, 5.41) is 0.553. The van der Waals surface area contributed by atoms with Crippen LogP contribution in [-0.4, -0.2) is 13.4 Å². The predicted molar refractivity (Wildman–Crippen MR) is 96.1 cm³/mol. The van der Waals surface area contributed by atoms with E-state index in [2.05, 4.69) is 4.98 Å². The van der Waals surface area contributed by atoms with Crippen LogP contribution in [0.2, 0.25) is 0 Å². The Morgan fingerprint density at radius 3 is 2.44 bits per heavy atom.